The first-order chi connectivity index (χ1) is 8.04. The van der Waals surface area contributed by atoms with Gasteiger partial charge in [0.15, 0.2) is 0 Å². The highest BCUT2D eigenvalue weighted by molar-refractivity contribution is 5.75. The predicted octanol–water partition coefficient (Wildman–Crippen LogP) is 1.80. The molecule has 17 heavy (non-hydrogen) atoms. The Bertz CT molecular complexity index is 435. The molecule has 0 saturated carbocycles. The SMILES string of the molecule is CCC(=O)NCCc1ccc([N+](=O)[O-])cc1F. The Labute approximate surface area is 97.8 Å². The lowest BCUT2D eigenvalue weighted by atomic mass is 10.1. The van der Waals surface area contributed by atoms with Crippen LogP contribution in [0, 0.1) is 15.9 Å². The summed E-state index contributed by atoms with van der Waals surface area (Å²) in [6.45, 7) is 2.04. The average molecular weight is 240 g/mol. The van der Waals surface area contributed by atoms with Gasteiger partial charge in [-0.25, -0.2) is 4.39 Å². The molecule has 0 aliphatic carbocycles. The first-order valence-electron chi connectivity index (χ1n) is 5.24. The average Bonchev–Trinajstić information content (AvgIpc) is 2.30. The zero-order chi connectivity index (χ0) is 12.8. The van der Waals surface area contributed by atoms with E-state index < -0.39 is 10.7 Å². The third-order valence-corrected chi connectivity index (χ3v) is 2.29. The summed E-state index contributed by atoms with van der Waals surface area (Å²) in [7, 11) is 0. The predicted molar refractivity (Wildman–Crippen MR) is 60.1 cm³/mol. The van der Waals surface area contributed by atoms with E-state index in [4.69, 9.17) is 0 Å². The number of carbonyl (C=O) groups excluding carboxylic acids is 1. The van der Waals surface area contributed by atoms with Crippen molar-refractivity contribution in [2.45, 2.75) is 19.8 Å². The minimum Gasteiger partial charge on any atom is -0.356 e. The smallest absolute Gasteiger partial charge is 0.272 e. The molecule has 0 fully saturated rings. The van der Waals surface area contributed by atoms with Crippen LogP contribution in [-0.4, -0.2) is 17.4 Å². The first kappa shape index (κ1) is 13.1. The van der Waals surface area contributed by atoms with E-state index in [2.05, 4.69) is 5.32 Å². The molecule has 0 aliphatic heterocycles. The fourth-order valence-electron chi connectivity index (χ4n) is 1.31. The molecule has 0 atom stereocenters. The van der Waals surface area contributed by atoms with E-state index in [0.29, 0.717) is 24.9 Å². The van der Waals surface area contributed by atoms with Gasteiger partial charge in [-0.05, 0) is 18.1 Å². The molecule has 0 bridgehead atoms. The summed E-state index contributed by atoms with van der Waals surface area (Å²) in [6, 6.07) is 3.50. The molecule has 1 N–H and O–H groups in total. The van der Waals surface area contributed by atoms with Crippen LogP contribution >= 0.6 is 0 Å². The molecule has 5 nitrogen and oxygen atoms in total. The fraction of sp³-hybridized carbons (Fsp3) is 0.364. The van der Waals surface area contributed by atoms with Gasteiger partial charge in [-0.2, -0.15) is 0 Å². The third-order valence-electron chi connectivity index (χ3n) is 2.29. The lowest BCUT2D eigenvalue weighted by molar-refractivity contribution is -0.385. The maximum Gasteiger partial charge on any atom is 0.272 e. The van der Waals surface area contributed by atoms with Crippen LogP contribution in [0.1, 0.15) is 18.9 Å². The quantitative estimate of drug-likeness (QED) is 0.630. The standard InChI is InChI=1S/C11H13FN2O3/c1-2-11(15)13-6-5-8-3-4-9(14(16)17)7-10(8)12/h3-4,7H,2,5-6H2,1H3,(H,13,15). The monoisotopic (exact) mass is 240 g/mol. The molecule has 0 spiro atoms. The van der Waals surface area contributed by atoms with E-state index in [9.17, 15) is 19.3 Å². The van der Waals surface area contributed by atoms with Gasteiger partial charge in [-0.15, -0.1) is 0 Å². The lowest BCUT2D eigenvalue weighted by Gasteiger charge is -2.04. The number of non-ortho nitro benzene ring substituents is 1. The number of nitro benzene ring substituents is 1. The Morgan fingerprint density at radius 3 is 2.76 bits per heavy atom. The van der Waals surface area contributed by atoms with Crippen LogP contribution in [-0.2, 0) is 11.2 Å². The lowest BCUT2D eigenvalue weighted by Crippen LogP contribution is -2.24. The summed E-state index contributed by atoms with van der Waals surface area (Å²) in [4.78, 5) is 20.7. The van der Waals surface area contributed by atoms with E-state index in [1.807, 2.05) is 0 Å². The van der Waals surface area contributed by atoms with Crippen molar-refractivity contribution >= 4 is 11.6 Å². The van der Waals surface area contributed by atoms with Gasteiger partial charge in [-0.1, -0.05) is 6.92 Å². The molecule has 0 aromatic heterocycles. The van der Waals surface area contributed by atoms with Crippen molar-refractivity contribution in [3.63, 3.8) is 0 Å². The number of hydrogen-bond donors (Lipinski definition) is 1. The molecule has 0 aliphatic rings. The summed E-state index contributed by atoms with van der Waals surface area (Å²) >= 11 is 0. The van der Waals surface area contributed by atoms with Crippen LogP contribution in [0.15, 0.2) is 18.2 Å². The number of nitrogens with one attached hydrogen (secondary N) is 1. The summed E-state index contributed by atoms with van der Waals surface area (Å²) in [5, 5.41) is 13.0. The highest BCUT2D eigenvalue weighted by atomic mass is 19.1. The van der Waals surface area contributed by atoms with E-state index in [0.717, 1.165) is 6.07 Å². The Morgan fingerprint density at radius 1 is 1.53 bits per heavy atom. The molecule has 0 saturated heterocycles. The van der Waals surface area contributed by atoms with Gasteiger partial charge in [0.1, 0.15) is 5.82 Å². The minimum atomic E-state index is -0.647. The number of nitro groups is 1. The molecular weight excluding hydrogens is 227 g/mol. The van der Waals surface area contributed by atoms with Crippen LogP contribution in [0.4, 0.5) is 10.1 Å². The Morgan fingerprint density at radius 2 is 2.24 bits per heavy atom. The molecule has 1 aromatic rings. The first-order valence-corrected chi connectivity index (χ1v) is 5.24. The highest BCUT2D eigenvalue weighted by Crippen LogP contribution is 2.16. The molecule has 0 heterocycles. The molecule has 1 amide bonds. The van der Waals surface area contributed by atoms with Crippen LogP contribution in [0.2, 0.25) is 0 Å². The minimum absolute atomic E-state index is 0.104. The molecule has 0 radical (unpaired) electrons. The Hall–Kier alpha value is -1.98. The zero-order valence-electron chi connectivity index (χ0n) is 9.40. The number of nitrogens with zero attached hydrogens (tertiary/aromatic N) is 1. The number of rotatable bonds is 5. The van der Waals surface area contributed by atoms with E-state index >= 15 is 0 Å². The van der Waals surface area contributed by atoms with Crippen molar-refractivity contribution in [2.24, 2.45) is 0 Å². The third kappa shape index (κ3) is 3.82. The van der Waals surface area contributed by atoms with Gasteiger partial charge in [0.05, 0.1) is 11.0 Å². The number of halogens is 1. The van der Waals surface area contributed by atoms with Crippen LogP contribution < -0.4 is 5.32 Å². The second-order valence-electron chi connectivity index (χ2n) is 3.49. The van der Waals surface area contributed by atoms with Gasteiger partial charge in [0.2, 0.25) is 5.91 Å². The van der Waals surface area contributed by atoms with Gasteiger partial charge >= 0.3 is 0 Å². The van der Waals surface area contributed by atoms with E-state index in [-0.39, 0.29) is 11.6 Å². The summed E-state index contributed by atoms with van der Waals surface area (Å²) in [6.07, 6.45) is 0.693. The summed E-state index contributed by atoms with van der Waals surface area (Å²) < 4.78 is 13.4. The number of carbonyl (C=O) groups is 1. The second kappa shape index (κ2) is 5.93. The maximum atomic E-state index is 13.4. The number of hydrogen-bond acceptors (Lipinski definition) is 3. The molecule has 92 valence electrons. The van der Waals surface area contributed by atoms with Gasteiger partial charge in [0, 0.05) is 19.0 Å². The van der Waals surface area contributed by atoms with E-state index in [1.54, 1.807) is 6.92 Å². The maximum absolute atomic E-state index is 13.4. The molecule has 6 heteroatoms. The van der Waals surface area contributed by atoms with Crippen molar-refractivity contribution in [1.29, 1.82) is 0 Å². The van der Waals surface area contributed by atoms with Crippen molar-refractivity contribution in [1.82, 2.24) is 5.32 Å². The Balaban J connectivity index is 2.60. The Kier molecular flexibility index (Phi) is 4.56. The van der Waals surface area contributed by atoms with Gasteiger partial charge < -0.3 is 5.32 Å². The molecule has 0 unspecified atom stereocenters. The molecule has 1 aromatic carbocycles. The number of benzene rings is 1. The number of amides is 1. The zero-order valence-corrected chi connectivity index (χ0v) is 9.40. The molecule has 1 rings (SSSR count). The largest absolute Gasteiger partial charge is 0.356 e. The summed E-state index contributed by atoms with van der Waals surface area (Å²) in [5.41, 5.74) is 0.0795. The normalized spacial score (nSPS) is 10.0. The fourth-order valence-corrected chi connectivity index (χ4v) is 1.31. The second-order valence-corrected chi connectivity index (χ2v) is 3.49. The summed E-state index contributed by atoms with van der Waals surface area (Å²) in [5.74, 6) is -0.725. The highest BCUT2D eigenvalue weighted by Gasteiger charge is 2.10. The van der Waals surface area contributed by atoms with Crippen LogP contribution in [0.3, 0.4) is 0 Å². The van der Waals surface area contributed by atoms with Crippen molar-refractivity contribution < 1.29 is 14.1 Å². The van der Waals surface area contributed by atoms with Crippen molar-refractivity contribution in [3.05, 3.63) is 39.7 Å². The van der Waals surface area contributed by atoms with E-state index in [1.165, 1.54) is 12.1 Å². The van der Waals surface area contributed by atoms with Crippen LogP contribution in [0.5, 0.6) is 0 Å². The van der Waals surface area contributed by atoms with Crippen LogP contribution in [0.25, 0.3) is 0 Å². The molecular formula is C11H13FN2O3. The van der Waals surface area contributed by atoms with Crippen molar-refractivity contribution in [2.75, 3.05) is 6.54 Å². The topological polar surface area (TPSA) is 72.2 Å². The van der Waals surface area contributed by atoms with Gasteiger partial charge in [-0.3, -0.25) is 14.9 Å². The van der Waals surface area contributed by atoms with Gasteiger partial charge in [0.25, 0.3) is 5.69 Å². The van der Waals surface area contributed by atoms with Crippen molar-refractivity contribution in [3.8, 4) is 0 Å².